The number of carbonyl (C=O) groups is 3. The molecule has 1 aliphatic rings. The van der Waals surface area contributed by atoms with Crippen molar-refractivity contribution < 1.29 is 27.9 Å². The summed E-state index contributed by atoms with van der Waals surface area (Å²) in [6, 6.07) is -3.30. The summed E-state index contributed by atoms with van der Waals surface area (Å²) in [7, 11) is -4.33. The van der Waals surface area contributed by atoms with Gasteiger partial charge in [-0.25, -0.2) is 0 Å². The van der Waals surface area contributed by atoms with Crippen LogP contribution in [0.5, 0.6) is 0 Å². The molecule has 1 aliphatic carbocycles. The van der Waals surface area contributed by atoms with Crippen LogP contribution in [-0.2, 0) is 24.6 Å². The molecule has 1 fully saturated rings. The van der Waals surface area contributed by atoms with Crippen LogP contribution in [0.2, 0.25) is 0 Å². The first-order valence-electron chi connectivity index (χ1n) is 13.2. The maximum absolute atomic E-state index is 13.3. The first-order chi connectivity index (χ1) is 16.9. The maximum Gasteiger partial charge on any atom is 0.321 e. The van der Waals surface area contributed by atoms with E-state index in [0.717, 1.165) is 32.1 Å². The molecule has 0 aromatic rings. The third-order valence-corrected chi connectivity index (χ3v) is 7.57. The molecule has 0 radical (unpaired) electrons. The molecule has 210 valence electrons. The molecule has 7 N–H and O–H groups in total. The van der Waals surface area contributed by atoms with Gasteiger partial charge in [-0.1, -0.05) is 66.2 Å². The number of amides is 2. The number of nitrogens with one attached hydrogen (secondary N) is 4. The van der Waals surface area contributed by atoms with E-state index in [4.69, 9.17) is 5.73 Å². The molecule has 0 spiro atoms. The van der Waals surface area contributed by atoms with Crippen molar-refractivity contribution in [3.63, 3.8) is 0 Å². The highest BCUT2D eigenvalue weighted by molar-refractivity contribution is 7.87. The molecule has 0 aromatic heterocycles. The number of rotatable bonds is 17. The van der Waals surface area contributed by atoms with Gasteiger partial charge in [-0.2, -0.15) is 17.9 Å². The Balaban J connectivity index is 3.02. The van der Waals surface area contributed by atoms with Gasteiger partial charge in [-0.3, -0.25) is 14.4 Å². The summed E-state index contributed by atoms with van der Waals surface area (Å²) in [4.78, 5) is 37.6. The standard InChI is InChI=1S/C24H47N5O6S/c1-16(2)15-26-23(31)21(17(3)4)27-22(30)20(14-18-10-6-5-7-11-18)29-36(34,35)28-19(24(32)33)12-8-9-13-25/h16-21,28-29H,5-15,25H2,1-4H3,(H,26,31)(H,27,30)(H,32,33)/t19-,20-,21-/m0/s1. The van der Waals surface area contributed by atoms with Crippen molar-refractivity contribution >= 4 is 28.0 Å². The maximum atomic E-state index is 13.3. The molecule has 0 bridgehead atoms. The third kappa shape index (κ3) is 12.5. The summed E-state index contributed by atoms with van der Waals surface area (Å²) in [6.45, 7) is 8.38. The Bertz CT molecular complexity index is 799. The van der Waals surface area contributed by atoms with Crippen LogP contribution in [0, 0.1) is 17.8 Å². The molecular formula is C24H47N5O6S. The van der Waals surface area contributed by atoms with Gasteiger partial charge >= 0.3 is 5.97 Å². The zero-order chi connectivity index (χ0) is 27.3. The predicted octanol–water partition coefficient (Wildman–Crippen LogP) is 1.24. The lowest BCUT2D eigenvalue weighted by Crippen LogP contribution is -2.58. The van der Waals surface area contributed by atoms with E-state index in [1.54, 1.807) is 13.8 Å². The van der Waals surface area contributed by atoms with Crippen molar-refractivity contribution in [2.24, 2.45) is 23.5 Å². The van der Waals surface area contributed by atoms with Crippen LogP contribution in [0.4, 0.5) is 0 Å². The molecule has 0 aromatic carbocycles. The Labute approximate surface area is 216 Å². The molecule has 0 unspecified atom stereocenters. The quantitative estimate of drug-likeness (QED) is 0.152. The van der Waals surface area contributed by atoms with E-state index >= 15 is 0 Å². The number of nitrogens with two attached hydrogens (primary N) is 1. The summed E-state index contributed by atoms with van der Waals surface area (Å²) in [5.74, 6) is -2.04. The minimum atomic E-state index is -4.33. The highest BCUT2D eigenvalue weighted by atomic mass is 32.2. The van der Waals surface area contributed by atoms with E-state index in [2.05, 4.69) is 20.1 Å². The molecule has 0 saturated heterocycles. The molecule has 0 aliphatic heterocycles. The molecular weight excluding hydrogens is 486 g/mol. The smallest absolute Gasteiger partial charge is 0.321 e. The van der Waals surface area contributed by atoms with E-state index in [-0.39, 0.29) is 36.5 Å². The lowest BCUT2D eigenvalue weighted by molar-refractivity contribution is -0.139. The molecule has 3 atom stereocenters. The van der Waals surface area contributed by atoms with Crippen molar-refractivity contribution in [3.8, 4) is 0 Å². The van der Waals surface area contributed by atoms with Crippen LogP contribution >= 0.6 is 0 Å². The monoisotopic (exact) mass is 533 g/mol. The summed E-state index contributed by atoms with van der Waals surface area (Å²) in [5.41, 5.74) is 5.45. The van der Waals surface area contributed by atoms with Gasteiger partial charge in [-0.05, 0) is 43.6 Å². The van der Waals surface area contributed by atoms with E-state index in [1.807, 2.05) is 13.8 Å². The second kappa shape index (κ2) is 16.2. The van der Waals surface area contributed by atoms with E-state index in [9.17, 15) is 27.9 Å². The number of hydrogen-bond acceptors (Lipinski definition) is 6. The number of aliphatic carboxylic acids is 1. The lowest BCUT2D eigenvalue weighted by Gasteiger charge is -2.29. The molecule has 0 heterocycles. The number of carboxylic acid groups (broad SMARTS) is 1. The summed E-state index contributed by atoms with van der Waals surface area (Å²) >= 11 is 0. The van der Waals surface area contributed by atoms with Gasteiger partial charge < -0.3 is 21.5 Å². The second-order valence-electron chi connectivity index (χ2n) is 10.6. The van der Waals surface area contributed by atoms with Gasteiger partial charge in [0.05, 0.1) is 0 Å². The van der Waals surface area contributed by atoms with Crippen molar-refractivity contribution in [2.45, 2.75) is 104 Å². The first kappa shape index (κ1) is 32.3. The van der Waals surface area contributed by atoms with Crippen LogP contribution in [0.15, 0.2) is 0 Å². The van der Waals surface area contributed by atoms with Gasteiger partial charge in [0, 0.05) is 6.54 Å². The highest BCUT2D eigenvalue weighted by Gasteiger charge is 2.33. The van der Waals surface area contributed by atoms with Crippen LogP contribution in [0.25, 0.3) is 0 Å². The van der Waals surface area contributed by atoms with Crippen molar-refractivity contribution in [2.75, 3.05) is 13.1 Å². The van der Waals surface area contributed by atoms with E-state index < -0.39 is 40.2 Å². The summed E-state index contributed by atoms with van der Waals surface area (Å²) in [5, 5.41) is 15.0. The molecule has 12 heteroatoms. The minimum absolute atomic E-state index is 0.0817. The second-order valence-corrected chi connectivity index (χ2v) is 12.1. The van der Waals surface area contributed by atoms with Gasteiger partial charge in [0.15, 0.2) is 0 Å². The largest absolute Gasteiger partial charge is 0.480 e. The van der Waals surface area contributed by atoms with E-state index in [0.29, 0.717) is 25.9 Å². The topological polar surface area (TPSA) is 180 Å². The molecule has 2 amide bonds. The molecule has 1 rings (SSSR count). The fourth-order valence-electron chi connectivity index (χ4n) is 4.30. The average Bonchev–Trinajstić information content (AvgIpc) is 2.80. The van der Waals surface area contributed by atoms with Crippen LogP contribution in [0.3, 0.4) is 0 Å². The fourth-order valence-corrected chi connectivity index (χ4v) is 5.54. The number of hydrogen-bond donors (Lipinski definition) is 6. The zero-order valence-electron chi connectivity index (χ0n) is 22.2. The van der Waals surface area contributed by atoms with Gasteiger partial charge in [0.1, 0.15) is 18.1 Å². The zero-order valence-corrected chi connectivity index (χ0v) is 23.0. The van der Waals surface area contributed by atoms with Crippen LogP contribution in [-0.4, -0.2) is 62.5 Å². The minimum Gasteiger partial charge on any atom is -0.480 e. The Hall–Kier alpha value is -1.76. The third-order valence-electron chi connectivity index (χ3n) is 6.38. The first-order valence-corrected chi connectivity index (χ1v) is 14.6. The summed E-state index contributed by atoms with van der Waals surface area (Å²) in [6.07, 6.45) is 6.28. The van der Waals surface area contributed by atoms with Crippen molar-refractivity contribution in [3.05, 3.63) is 0 Å². The Morgan fingerprint density at radius 2 is 1.56 bits per heavy atom. The van der Waals surface area contributed by atoms with Crippen LogP contribution < -0.4 is 25.8 Å². The molecule has 1 saturated carbocycles. The SMILES string of the molecule is CC(C)CNC(=O)[C@@H](NC(=O)[C@H](CC1CCCCC1)NS(=O)(=O)N[C@@H](CCCCN)C(=O)O)C(C)C. The molecule has 11 nitrogen and oxygen atoms in total. The highest BCUT2D eigenvalue weighted by Crippen LogP contribution is 2.27. The van der Waals surface area contributed by atoms with E-state index in [1.165, 1.54) is 0 Å². The lowest BCUT2D eigenvalue weighted by atomic mass is 9.84. The predicted molar refractivity (Wildman–Crippen MR) is 139 cm³/mol. The average molecular weight is 534 g/mol. The fraction of sp³-hybridized carbons (Fsp3) is 0.875. The number of carboxylic acids is 1. The Morgan fingerprint density at radius 3 is 2.08 bits per heavy atom. The number of unbranched alkanes of at least 4 members (excludes halogenated alkanes) is 1. The molecule has 36 heavy (non-hydrogen) atoms. The van der Waals surface area contributed by atoms with Gasteiger partial charge in [0.25, 0.3) is 10.2 Å². The van der Waals surface area contributed by atoms with Crippen molar-refractivity contribution in [1.29, 1.82) is 0 Å². The summed E-state index contributed by atoms with van der Waals surface area (Å²) < 4.78 is 30.3. The van der Waals surface area contributed by atoms with Crippen LogP contribution in [0.1, 0.15) is 85.5 Å². The Morgan fingerprint density at radius 1 is 0.944 bits per heavy atom. The normalized spacial score (nSPS) is 17.5. The van der Waals surface area contributed by atoms with Gasteiger partial charge in [-0.15, -0.1) is 0 Å². The van der Waals surface area contributed by atoms with Crippen molar-refractivity contribution in [1.82, 2.24) is 20.1 Å². The number of carbonyl (C=O) groups excluding carboxylic acids is 2. The Kier molecular flexibility index (Phi) is 14.5. The van der Waals surface area contributed by atoms with Gasteiger partial charge in [0.2, 0.25) is 11.8 Å².